The summed E-state index contributed by atoms with van der Waals surface area (Å²) in [6.07, 6.45) is 0. The number of nitro benzene ring substituents is 1. The quantitative estimate of drug-likeness (QED) is 0.600. The molecule has 0 spiro atoms. The van der Waals surface area contributed by atoms with E-state index in [0.29, 0.717) is 0 Å². The molecule has 0 aliphatic carbocycles. The maximum absolute atomic E-state index is 12.7. The van der Waals surface area contributed by atoms with Gasteiger partial charge in [0.1, 0.15) is 6.04 Å². The Morgan fingerprint density at radius 1 is 1.36 bits per heavy atom. The highest BCUT2D eigenvalue weighted by molar-refractivity contribution is 7.89. The van der Waals surface area contributed by atoms with Gasteiger partial charge >= 0.3 is 5.97 Å². The fraction of sp³-hybridized carbons (Fsp3) is 0.462. The zero-order valence-corrected chi connectivity index (χ0v) is 13.3. The molecule has 122 valence electrons. The van der Waals surface area contributed by atoms with Gasteiger partial charge in [-0.25, -0.2) is 8.42 Å². The minimum Gasteiger partial charge on any atom is -0.480 e. The lowest BCUT2D eigenvalue weighted by molar-refractivity contribution is -0.387. The fourth-order valence-corrected chi connectivity index (χ4v) is 4.09. The summed E-state index contributed by atoms with van der Waals surface area (Å²) >= 11 is 0. The molecule has 1 aromatic carbocycles. The van der Waals surface area contributed by atoms with Crippen LogP contribution in [-0.2, 0) is 14.8 Å². The second kappa shape index (κ2) is 6.84. The molecule has 0 radical (unpaired) electrons. The van der Waals surface area contributed by atoms with Crippen LogP contribution in [0.1, 0.15) is 20.8 Å². The van der Waals surface area contributed by atoms with E-state index in [2.05, 4.69) is 0 Å². The van der Waals surface area contributed by atoms with Gasteiger partial charge in [-0.3, -0.25) is 14.9 Å². The third kappa shape index (κ3) is 3.42. The van der Waals surface area contributed by atoms with Crippen LogP contribution in [0.25, 0.3) is 0 Å². The first-order valence-electron chi connectivity index (χ1n) is 6.62. The summed E-state index contributed by atoms with van der Waals surface area (Å²) in [5, 5.41) is 20.3. The van der Waals surface area contributed by atoms with E-state index in [0.717, 1.165) is 16.4 Å². The first-order valence-corrected chi connectivity index (χ1v) is 8.06. The molecule has 0 bridgehead atoms. The van der Waals surface area contributed by atoms with E-state index in [-0.39, 0.29) is 6.54 Å². The van der Waals surface area contributed by atoms with Crippen LogP contribution in [0.4, 0.5) is 5.69 Å². The van der Waals surface area contributed by atoms with Gasteiger partial charge in [-0.2, -0.15) is 4.31 Å². The lowest BCUT2D eigenvalue weighted by atomic mass is 10.1. The molecule has 22 heavy (non-hydrogen) atoms. The zero-order chi connectivity index (χ0) is 17.1. The van der Waals surface area contributed by atoms with Gasteiger partial charge in [-0.1, -0.05) is 32.9 Å². The summed E-state index contributed by atoms with van der Waals surface area (Å²) in [7, 11) is -4.31. The van der Waals surface area contributed by atoms with Crippen molar-refractivity contribution in [2.45, 2.75) is 31.7 Å². The number of nitrogens with zero attached hydrogens (tertiary/aromatic N) is 2. The number of likely N-dealkylation sites (N-methyl/N-ethyl adjacent to an activating group) is 1. The lowest BCUT2D eigenvalue weighted by Gasteiger charge is -2.29. The zero-order valence-electron chi connectivity index (χ0n) is 12.5. The van der Waals surface area contributed by atoms with Crippen LogP contribution >= 0.6 is 0 Å². The topological polar surface area (TPSA) is 118 Å². The Hall–Kier alpha value is -2.00. The number of nitro groups is 1. The largest absolute Gasteiger partial charge is 0.480 e. The highest BCUT2D eigenvalue weighted by atomic mass is 32.2. The average molecular weight is 330 g/mol. The first-order chi connectivity index (χ1) is 10.1. The molecule has 0 aliphatic rings. The summed E-state index contributed by atoms with van der Waals surface area (Å²) in [5.74, 6) is -1.78. The van der Waals surface area contributed by atoms with Crippen molar-refractivity contribution < 1.29 is 23.2 Å². The number of carbonyl (C=O) groups is 1. The molecule has 0 aliphatic heterocycles. The van der Waals surface area contributed by atoms with E-state index in [1.54, 1.807) is 13.8 Å². The van der Waals surface area contributed by atoms with Gasteiger partial charge in [0.05, 0.1) is 4.92 Å². The summed E-state index contributed by atoms with van der Waals surface area (Å²) in [6, 6.07) is 3.60. The molecular weight excluding hydrogens is 312 g/mol. The molecule has 1 atom stereocenters. The summed E-state index contributed by atoms with van der Waals surface area (Å²) < 4.78 is 26.2. The second-order valence-corrected chi connectivity index (χ2v) is 6.82. The van der Waals surface area contributed by atoms with Gasteiger partial charge in [0.15, 0.2) is 4.90 Å². The molecule has 0 aromatic heterocycles. The van der Waals surface area contributed by atoms with Gasteiger partial charge in [0.2, 0.25) is 0 Å². The number of rotatable bonds is 7. The Morgan fingerprint density at radius 2 is 1.91 bits per heavy atom. The second-order valence-electron chi connectivity index (χ2n) is 4.96. The normalized spacial score (nSPS) is 13.3. The molecule has 0 unspecified atom stereocenters. The Labute approximate surface area is 128 Å². The molecule has 0 amide bonds. The molecule has 0 saturated heterocycles. The number of benzene rings is 1. The smallest absolute Gasteiger partial charge is 0.322 e. The van der Waals surface area contributed by atoms with Crippen LogP contribution in [0.15, 0.2) is 29.2 Å². The van der Waals surface area contributed by atoms with Gasteiger partial charge in [0.25, 0.3) is 15.7 Å². The Kier molecular flexibility index (Phi) is 5.61. The predicted molar refractivity (Wildman–Crippen MR) is 78.9 cm³/mol. The maximum atomic E-state index is 12.7. The van der Waals surface area contributed by atoms with Crippen molar-refractivity contribution in [2.24, 2.45) is 5.92 Å². The van der Waals surface area contributed by atoms with Crippen LogP contribution in [0.5, 0.6) is 0 Å². The first kappa shape index (κ1) is 18.1. The van der Waals surface area contributed by atoms with Gasteiger partial charge in [0, 0.05) is 12.6 Å². The van der Waals surface area contributed by atoms with E-state index < -0.39 is 43.5 Å². The molecule has 1 aromatic rings. The molecule has 8 nitrogen and oxygen atoms in total. The van der Waals surface area contributed by atoms with Crippen LogP contribution in [0.3, 0.4) is 0 Å². The Morgan fingerprint density at radius 3 is 2.32 bits per heavy atom. The van der Waals surface area contributed by atoms with E-state index in [9.17, 15) is 28.4 Å². The average Bonchev–Trinajstić information content (AvgIpc) is 2.43. The van der Waals surface area contributed by atoms with E-state index in [1.165, 1.54) is 19.1 Å². The number of sulfonamides is 1. The SMILES string of the molecule is CCN([C@H](C(=O)O)C(C)C)S(=O)(=O)c1ccccc1[N+](=O)[O-]. The standard InChI is InChI=1S/C13H18N2O6S/c1-4-14(12(9(2)3)13(16)17)22(20,21)11-8-6-5-7-10(11)15(18)19/h5-9,12H,4H2,1-3H3,(H,16,17)/t12-/m0/s1. The Bertz CT molecular complexity index is 671. The molecular formula is C13H18N2O6S. The van der Waals surface area contributed by atoms with Crippen molar-refractivity contribution in [1.29, 1.82) is 0 Å². The predicted octanol–water partition coefficient (Wildman–Crippen LogP) is 1.71. The van der Waals surface area contributed by atoms with E-state index in [4.69, 9.17) is 0 Å². The van der Waals surface area contributed by atoms with Gasteiger partial charge in [-0.05, 0) is 12.0 Å². The van der Waals surface area contributed by atoms with Crippen molar-refractivity contribution in [3.05, 3.63) is 34.4 Å². The molecule has 0 fully saturated rings. The Balaban J connectivity index is 3.50. The number of carboxylic acid groups (broad SMARTS) is 1. The number of aliphatic carboxylic acids is 1. The van der Waals surface area contributed by atoms with Crippen molar-refractivity contribution in [3.63, 3.8) is 0 Å². The molecule has 1 rings (SSSR count). The van der Waals surface area contributed by atoms with Crippen molar-refractivity contribution in [1.82, 2.24) is 4.31 Å². The van der Waals surface area contributed by atoms with Crippen LogP contribution < -0.4 is 0 Å². The summed E-state index contributed by atoms with van der Waals surface area (Å²) in [5.41, 5.74) is -0.575. The lowest BCUT2D eigenvalue weighted by Crippen LogP contribution is -2.47. The molecule has 1 N–H and O–H groups in total. The number of hydrogen-bond donors (Lipinski definition) is 1. The monoisotopic (exact) mass is 330 g/mol. The number of para-hydroxylation sites is 1. The molecule has 0 saturated carbocycles. The van der Waals surface area contributed by atoms with Crippen LogP contribution in [0.2, 0.25) is 0 Å². The van der Waals surface area contributed by atoms with E-state index >= 15 is 0 Å². The van der Waals surface area contributed by atoms with Crippen molar-refractivity contribution in [3.8, 4) is 0 Å². The minimum absolute atomic E-state index is 0.108. The number of hydrogen-bond acceptors (Lipinski definition) is 5. The van der Waals surface area contributed by atoms with E-state index in [1.807, 2.05) is 0 Å². The van der Waals surface area contributed by atoms with Crippen LogP contribution in [-0.4, -0.2) is 41.3 Å². The third-order valence-corrected chi connectivity index (χ3v) is 5.16. The molecule has 9 heteroatoms. The summed E-state index contributed by atoms with van der Waals surface area (Å²) in [4.78, 5) is 21.1. The highest BCUT2D eigenvalue weighted by Gasteiger charge is 2.39. The van der Waals surface area contributed by atoms with Crippen molar-refractivity contribution >= 4 is 21.7 Å². The third-order valence-electron chi connectivity index (χ3n) is 3.16. The maximum Gasteiger partial charge on any atom is 0.322 e. The fourth-order valence-electron chi connectivity index (χ4n) is 2.21. The summed E-state index contributed by atoms with van der Waals surface area (Å²) in [6.45, 7) is 4.54. The highest BCUT2D eigenvalue weighted by Crippen LogP contribution is 2.28. The van der Waals surface area contributed by atoms with Crippen molar-refractivity contribution in [2.75, 3.05) is 6.54 Å². The number of carboxylic acids is 1. The van der Waals surface area contributed by atoms with Gasteiger partial charge in [-0.15, -0.1) is 0 Å². The molecule has 0 heterocycles. The minimum atomic E-state index is -4.31. The van der Waals surface area contributed by atoms with Crippen LogP contribution in [0, 0.1) is 16.0 Å². The van der Waals surface area contributed by atoms with Gasteiger partial charge < -0.3 is 5.11 Å².